The van der Waals surface area contributed by atoms with Crippen LogP contribution in [-0.4, -0.2) is 50.1 Å². The summed E-state index contributed by atoms with van der Waals surface area (Å²) in [7, 11) is 0.193. The number of hydrogen-bond acceptors (Lipinski definition) is 9. The summed E-state index contributed by atoms with van der Waals surface area (Å²) in [6.07, 6.45) is 0. The van der Waals surface area contributed by atoms with E-state index in [4.69, 9.17) is 18.7 Å². The number of carbonyl (C=O) groups excluding carboxylic acids is 1. The van der Waals surface area contributed by atoms with Gasteiger partial charge in [0.1, 0.15) is 17.2 Å². The minimum Gasteiger partial charge on any atom is -0.497 e. The van der Waals surface area contributed by atoms with Crippen LogP contribution < -0.4 is 14.2 Å². The van der Waals surface area contributed by atoms with Crippen molar-refractivity contribution in [2.24, 2.45) is 0 Å². The summed E-state index contributed by atoms with van der Waals surface area (Å²) in [5.74, 6) is 0.555. The van der Waals surface area contributed by atoms with Crippen molar-refractivity contribution in [2.45, 2.75) is 11.4 Å². The summed E-state index contributed by atoms with van der Waals surface area (Å²) >= 11 is 0. The van der Waals surface area contributed by atoms with Crippen LogP contribution in [0.2, 0.25) is 0 Å². The molecule has 0 bridgehead atoms. The van der Waals surface area contributed by atoms with E-state index in [0.29, 0.717) is 15.6 Å². The maximum atomic E-state index is 12.9. The number of rotatable bonds is 6. The number of aromatic nitrogens is 2. The van der Waals surface area contributed by atoms with Gasteiger partial charge in [0.05, 0.1) is 26.9 Å². The standard InChI is InChI=1S/C19H17N3O7S/c1-26-12-6-4-5-11(7-12)18-20-17(29-21-18)10-22-19(23)13-8-14(27-2)15(28-3)9-16(13)30(22,24)25/h4-9H,10H2,1-3H3. The fraction of sp³-hybridized carbons (Fsp3) is 0.211. The van der Waals surface area contributed by atoms with E-state index < -0.39 is 22.5 Å². The Labute approximate surface area is 172 Å². The Morgan fingerprint density at radius 2 is 1.77 bits per heavy atom. The lowest BCUT2D eigenvalue weighted by Crippen LogP contribution is -2.29. The number of ether oxygens (including phenoxy) is 3. The molecule has 1 aliphatic rings. The van der Waals surface area contributed by atoms with Crippen molar-refractivity contribution < 1.29 is 31.9 Å². The number of fused-ring (bicyclic) bond motifs is 1. The molecule has 0 N–H and O–H groups in total. The first-order valence-electron chi connectivity index (χ1n) is 8.69. The second-order valence-electron chi connectivity index (χ2n) is 6.26. The van der Waals surface area contributed by atoms with Crippen molar-refractivity contribution in [1.82, 2.24) is 14.4 Å². The summed E-state index contributed by atoms with van der Waals surface area (Å²) in [4.78, 5) is 16.8. The zero-order chi connectivity index (χ0) is 21.5. The lowest BCUT2D eigenvalue weighted by molar-refractivity contribution is 0.0854. The Kier molecular flexibility index (Phi) is 4.82. The molecule has 0 atom stereocenters. The third kappa shape index (κ3) is 3.12. The van der Waals surface area contributed by atoms with Crippen LogP contribution >= 0.6 is 0 Å². The third-order valence-corrected chi connectivity index (χ3v) is 6.35. The fourth-order valence-electron chi connectivity index (χ4n) is 3.08. The van der Waals surface area contributed by atoms with Crippen molar-refractivity contribution in [3.05, 3.63) is 47.9 Å². The van der Waals surface area contributed by atoms with E-state index in [9.17, 15) is 13.2 Å². The zero-order valence-electron chi connectivity index (χ0n) is 16.3. The molecule has 0 unspecified atom stereocenters. The van der Waals surface area contributed by atoms with Gasteiger partial charge in [-0.25, -0.2) is 12.7 Å². The predicted octanol–water partition coefficient (Wildman–Crippen LogP) is 2.11. The van der Waals surface area contributed by atoms with Crippen LogP contribution in [0.3, 0.4) is 0 Å². The average Bonchev–Trinajstić information content (AvgIpc) is 3.30. The van der Waals surface area contributed by atoms with E-state index in [2.05, 4.69) is 10.1 Å². The van der Waals surface area contributed by atoms with Gasteiger partial charge in [0.25, 0.3) is 15.9 Å². The van der Waals surface area contributed by atoms with Crippen LogP contribution in [0.15, 0.2) is 45.8 Å². The quantitative estimate of drug-likeness (QED) is 0.577. The van der Waals surface area contributed by atoms with Gasteiger partial charge in [-0.05, 0) is 18.2 Å². The maximum absolute atomic E-state index is 12.9. The monoisotopic (exact) mass is 431 g/mol. The van der Waals surface area contributed by atoms with Crippen molar-refractivity contribution in [3.8, 4) is 28.6 Å². The molecule has 0 aliphatic carbocycles. The molecule has 3 aromatic rings. The van der Waals surface area contributed by atoms with E-state index in [1.165, 1.54) is 33.5 Å². The summed E-state index contributed by atoms with van der Waals surface area (Å²) in [5, 5.41) is 3.87. The van der Waals surface area contributed by atoms with Gasteiger partial charge in [-0.3, -0.25) is 4.79 Å². The van der Waals surface area contributed by atoms with Crippen molar-refractivity contribution in [1.29, 1.82) is 0 Å². The number of hydrogen-bond donors (Lipinski definition) is 0. The van der Waals surface area contributed by atoms with E-state index in [-0.39, 0.29) is 33.7 Å². The molecule has 0 saturated heterocycles. The van der Waals surface area contributed by atoms with Gasteiger partial charge in [-0.15, -0.1) is 0 Å². The lowest BCUT2D eigenvalue weighted by atomic mass is 10.2. The molecule has 1 amide bonds. The van der Waals surface area contributed by atoms with Crippen LogP contribution in [-0.2, 0) is 16.6 Å². The van der Waals surface area contributed by atoms with Crippen LogP contribution in [0.5, 0.6) is 17.2 Å². The van der Waals surface area contributed by atoms with Crippen LogP contribution in [0.4, 0.5) is 0 Å². The Morgan fingerprint density at radius 3 is 2.47 bits per heavy atom. The van der Waals surface area contributed by atoms with Crippen molar-refractivity contribution in [3.63, 3.8) is 0 Å². The molecular weight excluding hydrogens is 414 g/mol. The first-order chi connectivity index (χ1) is 14.4. The highest BCUT2D eigenvalue weighted by Gasteiger charge is 2.43. The zero-order valence-corrected chi connectivity index (χ0v) is 17.1. The number of methoxy groups -OCH3 is 3. The Bertz CT molecular complexity index is 1240. The van der Waals surface area contributed by atoms with E-state index >= 15 is 0 Å². The summed E-state index contributed by atoms with van der Waals surface area (Å²) in [6.45, 7) is -0.405. The average molecular weight is 431 g/mol. The first-order valence-corrected chi connectivity index (χ1v) is 10.1. The van der Waals surface area contributed by atoms with Gasteiger partial charge in [-0.1, -0.05) is 17.3 Å². The van der Waals surface area contributed by atoms with Crippen LogP contribution in [0, 0.1) is 0 Å². The molecular formula is C19H17N3O7S. The molecule has 1 aliphatic heterocycles. The molecule has 1 aromatic heterocycles. The second-order valence-corrected chi connectivity index (χ2v) is 8.09. The normalized spacial score (nSPS) is 14.5. The summed E-state index contributed by atoms with van der Waals surface area (Å²) in [6, 6.07) is 9.58. The minimum atomic E-state index is -4.12. The fourth-order valence-corrected chi connectivity index (χ4v) is 4.60. The van der Waals surface area contributed by atoms with Gasteiger partial charge in [-0.2, -0.15) is 4.98 Å². The van der Waals surface area contributed by atoms with Crippen LogP contribution in [0.1, 0.15) is 16.2 Å². The molecule has 4 rings (SSSR count). The lowest BCUT2D eigenvalue weighted by Gasteiger charge is -2.11. The Morgan fingerprint density at radius 1 is 1.03 bits per heavy atom. The summed E-state index contributed by atoms with van der Waals surface area (Å²) < 4.78 is 47.2. The SMILES string of the molecule is COc1cccc(-c2noc(CN3C(=O)c4cc(OC)c(OC)cc4S3(=O)=O)n2)c1. The van der Waals surface area contributed by atoms with E-state index in [1.54, 1.807) is 24.3 Å². The van der Waals surface area contributed by atoms with Crippen LogP contribution in [0.25, 0.3) is 11.4 Å². The molecule has 156 valence electrons. The van der Waals surface area contributed by atoms with E-state index in [0.717, 1.165) is 0 Å². The molecule has 0 spiro atoms. The molecule has 0 fully saturated rings. The van der Waals surface area contributed by atoms with E-state index in [1.807, 2.05) is 0 Å². The highest BCUT2D eigenvalue weighted by Crippen LogP contribution is 2.39. The highest BCUT2D eigenvalue weighted by atomic mass is 32.2. The minimum absolute atomic E-state index is 0.0137. The van der Waals surface area contributed by atoms with Gasteiger partial charge in [0, 0.05) is 11.6 Å². The number of sulfonamides is 1. The number of nitrogens with zero attached hydrogens (tertiary/aromatic N) is 3. The van der Waals surface area contributed by atoms with Gasteiger partial charge in [0.2, 0.25) is 11.7 Å². The van der Waals surface area contributed by atoms with Gasteiger partial charge in [0.15, 0.2) is 11.5 Å². The largest absolute Gasteiger partial charge is 0.497 e. The van der Waals surface area contributed by atoms with Gasteiger partial charge >= 0.3 is 0 Å². The molecule has 30 heavy (non-hydrogen) atoms. The third-order valence-electron chi connectivity index (χ3n) is 4.59. The number of carbonyl (C=O) groups is 1. The highest BCUT2D eigenvalue weighted by molar-refractivity contribution is 7.90. The number of amides is 1. The Balaban J connectivity index is 1.66. The van der Waals surface area contributed by atoms with Crippen molar-refractivity contribution in [2.75, 3.05) is 21.3 Å². The molecule has 10 nitrogen and oxygen atoms in total. The van der Waals surface area contributed by atoms with Gasteiger partial charge < -0.3 is 18.7 Å². The maximum Gasteiger partial charge on any atom is 0.269 e. The summed E-state index contributed by atoms with van der Waals surface area (Å²) in [5.41, 5.74) is 0.609. The molecule has 2 aromatic carbocycles. The molecule has 11 heteroatoms. The smallest absolute Gasteiger partial charge is 0.269 e. The molecule has 2 heterocycles. The first kappa shape index (κ1) is 19.7. The van der Waals surface area contributed by atoms with Crippen molar-refractivity contribution >= 4 is 15.9 Å². The number of benzene rings is 2. The molecule has 0 radical (unpaired) electrons. The molecule has 0 saturated carbocycles. The Hall–Kier alpha value is -3.60. The topological polar surface area (TPSA) is 121 Å². The predicted molar refractivity (Wildman–Crippen MR) is 103 cm³/mol. The second kappa shape index (κ2) is 7.34.